The van der Waals surface area contributed by atoms with E-state index in [1.807, 2.05) is 24.3 Å². The largest absolute Gasteiger partial charge is 0.467 e. The van der Waals surface area contributed by atoms with Crippen molar-refractivity contribution < 1.29 is 14.0 Å². The maximum atomic E-state index is 12.2. The molecule has 1 aromatic heterocycles. The maximum Gasteiger partial charge on any atom is 0.251 e. The van der Waals surface area contributed by atoms with Crippen LogP contribution in [-0.2, 0) is 11.3 Å². The molecule has 0 radical (unpaired) electrons. The third-order valence-corrected chi connectivity index (χ3v) is 4.18. The Hall–Kier alpha value is -3.06. The molecule has 27 heavy (non-hydrogen) atoms. The van der Waals surface area contributed by atoms with E-state index in [-0.39, 0.29) is 18.4 Å². The van der Waals surface area contributed by atoms with E-state index in [2.05, 4.69) is 31.9 Å². The van der Waals surface area contributed by atoms with Gasteiger partial charge in [-0.25, -0.2) is 0 Å². The quantitative estimate of drug-likeness (QED) is 0.531. The summed E-state index contributed by atoms with van der Waals surface area (Å²) in [5.74, 6) is 0.288. The van der Waals surface area contributed by atoms with Crippen molar-refractivity contribution in [3.05, 3.63) is 82.7 Å². The third kappa shape index (κ3) is 5.72. The molecule has 0 saturated heterocycles. The molecule has 3 rings (SSSR count). The molecule has 0 aliphatic rings. The van der Waals surface area contributed by atoms with Gasteiger partial charge in [0.25, 0.3) is 5.91 Å². The molecule has 138 valence electrons. The van der Waals surface area contributed by atoms with Crippen molar-refractivity contribution in [2.75, 3.05) is 17.2 Å². The van der Waals surface area contributed by atoms with Crippen LogP contribution in [0.25, 0.3) is 0 Å². The van der Waals surface area contributed by atoms with Gasteiger partial charge in [0.15, 0.2) is 0 Å². The van der Waals surface area contributed by atoms with Crippen LogP contribution in [0.2, 0.25) is 0 Å². The molecule has 0 saturated carbocycles. The molecule has 1 heterocycles. The number of carbonyl (C=O) groups excluding carboxylic acids is 2. The highest BCUT2D eigenvalue weighted by Gasteiger charge is 2.08. The number of amides is 2. The molecule has 3 aromatic rings. The van der Waals surface area contributed by atoms with E-state index in [0.29, 0.717) is 29.2 Å². The Morgan fingerprint density at radius 1 is 0.963 bits per heavy atom. The van der Waals surface area contributed by atoms with Crippen molar-refractivity contribution in [3.63, 3.8) is 0 Å². The second-order valence-corrected chi connectivity index (χ2v) is 6.67. The average Bonchev–Trinajstić information content (AvgIpc) is 3.18. The van der Waals surface area contributed by atoms with E-state index < -0.39 is 0 Å². The first-order valence-corrected chi connectivity index (χ1v) is 9.09. The number of benzene rings is 2. The second kappa shape index (κ2) is 9.05. The lowest BCUT2D eigenvalue weighted by Crippen LogP contribution is -2.23. The van der Waals surface area contributed by atoms with Crippen LogP contribution in [0, 0.1) is 0 Å². The molecule has 0 spiro atoms. The number of furan rings is 1. The van der Waals surface area contributed by atoms with Crippen LogP contribution in [0.4, 0.5) is 11.4 Å². The van der Waals surface area contributed by atoms with Gasteiger partial charge in [-0.2, -0.15) is 0 Å². The fourth-order valence-electron chi connectivity index (χ4n) is 2.41. The Kier molecular flexibility index (Phi) is 6.27. The number of rotatable bonds is 7. The van der Waals surface area contributed by atoms with E-state index in [0.717, 1.165) is 4.47 Å². The number of hydrogen-bond acceptors (Lipinski definition) is 4. The van der Waals surface area contributed by atoms with Gasteiger partial charge < -0.3 is 20.4 Å². The van der Waals surface area contributed by atoms with Crippen molar-refractivity contribution in [1.82, 2.24) is 5.32 Å². The number of anilines is 2. The van der Waals surface area contributed by atoms with Crippen molar-refractivity contribution in [2.24, 2.45) is 0 Å². The molecule has 0 unspecified atom stereocenters. The van der Waals surface area contributed by atoms with E-state index >= 15 is 0 Å². The van der Waals surface area contributed by atoms with Crippen LogP contribution < -0.4 is 16.0 Å². The molecule has 6 nitrogen and oxygen atoms in total. The monoisotopic (exact) mass is 427 g/mol. The zero-order valence-corrected chi connectivity index (χ0v) is 16.0. The minimum absolute atomic E-state index is 0.0873. The van der Waals surface area contributed by atoms with E-state index in [9.17, 15) is 9.59 Å². The Morgan fingerprint density at radius 3 is 2.56 bits per heavy atom. The molecule has 0 atom stereocenters. The predicted octanol–water partition coefficient (Wildman–Crippen LogP) is 4.02. The summed E-state index contributed by atoms with van der Waals surface area (Å²) in [5.41, 5.74) is 1.89. The van der Waals surface area contributed by atoms with Gasteiger partial charge >= 0.3 is 0 Å². The molecule has 0 bridgehead atoms. The van der Waals surface area contributed by atoms with Crippen LogP contribution in [0.3, 0.4) is 0 Å². The van der Waals surface area contributed by atoms with Crippen molar-refractivity contribution >= 4 is 39.1 Å². The minimum Gasteiger partial charge on any atom is -0.467 e. The van der Waals surface area contributed by atoms with Crippen LogP contribution in [0.15, 0.2) is 75.8 Å². The molecule has 0 aliphatic heterocycles. The maximum absolute atomic E-state index is 12.2. The summed E-state index contributed by atoms with van der Waals surface area (Å²) in [5, 5.41) is 8.61. The number of carbonyl (C=O) groups is 2. The van der Waals surface area contributed by atoms with Crippen molar-refractivity contribution in [3.8, 4) is 0 Å². The standard InChI is InChI=1S/C20H18BrN3O3/c21-15-5-2-7-17(11-15)24-19(25)13-22-16-6-1-4-14(10-16)20(26)23-12-18-8-3-9-27-18/h1-11,22H,12-13H2,(H,23,26)(H,24,25). The predicted molar refractivity (Wildman–Crippen MR) is 108 cm³/mol. The SMILES string of the molecule is O=C(CNc1cccc(C(=O)NCc2ccco2)c1)Nc1cccc(Br)c1. The normalized spacial score (nSPS) is 10.3. The summed E-state index contributed by atoms with van der Waals surface area (Å²) < 4.78 is 6.08. The number of halogens is 1. The Labute approximate surface area is 165 Å². The van der Waals surface area contributed by atoms with Crippen LogP contribution >= 0.6 is 15.9 Å². The Morgan fingerprint density at radius 2 is 1.78 bits per heavy atom. The van der Waals surface area contributed by atoms with Crippen LogP contribution in [0.1, 0.15) is 16.1 Å². The van der Waals surface area contributed by atoms with Gasteiger partial charge in [0.05, 0.1) is 19.4 Å². The highest BCUT2D eigenvalue weighted by Crippen LogP contribution is 2.16. The molecule has 0 aliphatic carbocycles. The number of nitrogens with one attached hydrogen (secondary N) is 3. The third-order valence-electron chi connectivity index (χ3n) is 3.69. The van der Waals surface area contributed by atoms with Gasteiger partial charge in [0.2, 0.25) is 5.91 Å². The van der Waals surface area contributed by atoms with Gasteiger partial charge in [-0.3, -0.25) is 9.59 Å². The molecule has 2 aromatic carbocycles. The van der Waals surface area contributed by atoms with Crippen molar-refractivity contribution in [2.45, 2.75) is 6.54 Å². The fraction of sp³-hybridized carbons (Fsp3) is 0.100. The van der Waals surface area contributed by atoms with E-state index in [4.69, 9.17) is 4.42 Å². The first-order chi connectivity index (χ1) is 13.1. The summed E-state index contributed by atoms with van der Waals surface area (Å²) in [4.78, 5) is 24.3. The second-order valence-electron chi connectivity index (χ2n) is 5.75. The molecule has 2 amide bonds. The van der Waals surface area contributed by atoms with E-state index in [1.54, 1.807) is 42.7 Å². The first kappa shape index (κ1) is 18.7. The Bertz CT molecular complexity index is 926. The lowest BCUT2D eigenvalue weighted by Gasteiger charge is -2.10. The van der Waals surface area contributed by atoms with Gasteiger partial charge in [-0.05, 0) is 48.5 Å². The van der Waals surface area contributed by atoms with Gasteiger partial charge in [0.1, 0.15) is 5.76 Å². The highest BCUT2D eigenvalue weighted by molar-refractivity contribution is 9.10. The minimum atomic E-state index is -0.214. The van der Waals surface area contributed by atoms with Crippen LogP contribution in [0.5, 0.6) is 0 Å². The summed E-state index contributed by atoms with van der Waals surface area (Å²) in [6, 6.07) is 17.9. The fourth-order valence-corrected chi connectivity index (χ4v) is 2.81. The van der Waals surface area contributed by atoms with E-state index in [1.165, 1.54) is 0 Å². The van der Waals surface area contributed by atoms with Gasteiger partial charge in [0, 0.05) is 21.4 Å². The highest BCUT2D eigenvalue weighted by atomic mass is 79.9. The van der Waals surface area contributed by atoms with Crippen LogP contribution in [-0.4, -0.2) is 18.4 Å². The smallest absolute Gasteiger partial charge is 0.251 e. The summed E-state index contributed by atoms with van der Waals surface area (Å²) >= 11 is 3.36. The number of hydrogen-bond donors (Lipinski definition) is 3. The zero-order chi connectivity index (χ0) is 19.1. The summed E-state index contributed by atoms with van der Waals surface area (Å²) in [6.45, 7) is 0.405. The lowest BCUT2D eigenvalue weighted by molar-refractivity contribution is -0.114. The molecule has 7 heteroatoms. The molecule has 0 fully saturated rings. The van der Waals surface area contributed by atoms with Crippen molar-refractivity contribution in [1.29, 1.82) is 0 Å². The first-order valence-electron chi connectivity index (χ1n) is 8.30. The van der Waals surface area contributed by atoms with Gasteiger partial charge in [-0.1, -0.05) is 28.1 Å². The zero-order valence-electron chi connectivity index (χ0n) is 14.4. The Balaban J connectivity index is 1.52. The summed E-state index contributed by atoms with van der Waals surface area (Å²) in [6.07, 6.45) is 1.56. The lowest BCUT2D eigenvalue weighted by atomic mass is 10.2. The topological polar surface area (TPSA) is 83.4 Å². The summed E-state index contributed by atoms with van der Waals surface area (Å²) in [7, 11) is 0. The molecular weight excluding hydrogens is 410 g/mol. The average molecular weight is 428 g/mol. The van der Waals surface area contributed by atoms with Gasteiger partial charge in [-0.15, -0.1) is 0 Å². The molecular formula is C20H18BrN3O3. The molecule has 3 N–H and O–H groups in total.